The molecule has 27 heavy (non-hydrogen) atoms. The first-order valence-corrected chi connectivity index (χ1v) is 8.84. The van der Waals surface area contributed by atoms with Gasteiger partial charge in [-0.05, 0) is 50.6 Å². The summed E-state index contributed by atoms with van der Waals surface area (Å²) < 4.78 is 1.80. The van der Waals surface area contributed by atoms with Gasteiger partial charge >= 0.3 is 6.03 Å². The van der Waals surface area contributed by atoms with Gasteiger partial charge in [0.2, 0.25) is 0 Å². The zero-order chi connectivity index (χ0) is 19.7. The molecule has 0 saturated carbocycles. The number of hydrogen-bond donors (Lipinski definition) is 0. The molecule has 0 aliphatic rings. The summed E-state index contributed by atoms with van der Waals surface area (Å²) in [6.45, 7) is 5.98. The zero-order valence-corrected chi connectivity index (χ0v) is 16.7. The lowest BCUT2D eigenvalue weighted by Gasteiger charge is -2.24. The Morgan fingerprint density at radius 2 is 1.67 bits per heavy atom. The molecule has 0 aliphatic heterocycles. The fraction of sp³-hybridized carbons (Fsp3) is 0.286. The molecule has 0 aliphatic carbocycles. The van der Waals surface area contributed by atoms with E-state index >= 15 is 0 Å². The number of amides is 2. The third-order valence-corrected chi connectivity index (χ3v) is 4.81. The molecule has 6 heteroatoms. The van der Waals surface area contributed by atoms with Crippen molar-refractivity contribution >= 4 is 17.5 Å². The van der Waals surface area contributed by atoms with E-state index in [0.29, 0.717) is 5.82 Å². The van der Waals surface area contributed by atoms with Gasteiger partial charge in [0.25, 0.3) is 0 Å². The molecule has 1 aromatic carbocycles. The fourth-order valence-electron chi connectivity index (χ4n) is 3.06. The van der Waals surface area contributed by atoms with E-state index in [1.165, 1.54) is 0 Å². The van der Waals surface area contributed by atoms with Gasteiger partial charge in [-0.15, -0.1) is 0 Å². The molecule has 2 amide bonds. The van der Waals surface area contributed by atoms with E-state index in [1.807, 2.05) is 64.2 Å². The Balaban J connectivity index is 1.99. The number of anilines is 2. The van der Waals surface area contributed by atoms with Gasteiger partial charge in [0, 0.05) is 50.0 Å². The van der Waals surface area contributed by atoms with Gasteiger partial charge in [-0.1, -0.05) is 17.7 Å². The Morgan fingerprint density at radius 3 is 2.30 bits per heavy atom. The summed E-state index contributed by atoms with van der Waals surface area (Å²) in [7, 11) is 5.42. The Hall–Kier alpha value is -3.15. The second-order valence-electron chi connectivity index (χ2n) is 6.83. The summed E-state index contributed by atoms with van der Waals surface area (Å²) in [5, 5.41) is 4.60. The zero-order valence-electron chi connectivity index (χ0n) is 16.7. The van der Waals surface area contributed by atoms with Gasteiger partial charge in [-0.25, -0.2) is 4.79 Å². The Morgan fingerprint density at radius 1 is 1.00 bits per heavy atom. The van der Waals surface area contributed by atoms with E-state index in [0.717, 1.165) is 33.8 Å². The summed E-state index contributed by atoms with van der Waals surface area (Å²) in [6.07, 6.45) is 1.78. The number of hydrogen-bond acceptors (Lipinski definition) is 3. The predicted molar refractivity (Wildman–Crippen MR) is 109 cm³/mol. The van der Waals surface area contributed by atoms with E-state index in [1.54, 1.807) is 34.8 Å². The molecule has 0 N–H and O–H groups in total. The average molecular weight is 363 g/mol. The second-order valence-corrected chi connectivity index (χ2v) is 6.83. The van der Waals surface area contributed by atoms with Crippen LogP contribution in [-0.4, -0.2) is 34.9 Å². The quantitative estimate of drug-likeness (QED) is 0.704. The highest BCUT2D eigenvalue weighted by Gasteiger charge is 2.25. The summed E-state index contributed by atoms with van der Waals surface area (Å²) in [5.41, 5.74) is 5.85. The first kappa shape index (κ1) is 18.6. The summed E-state index contributed by atoms with van der Waals surface area (Å²) in [5.74, 6) is 0.629. The van der Waals surface area contributed by atoms with Gasteiger partial charge < -0.3 is 0 Å². The summed E-state index contributed by atoms with van der Waals surface area (Å²) in [4.78, 5) is 20.6. The van der Waals surface area contributed by atoms with E-state index in [2.05, 4.69) is 10.1 Å². The minimum absolute atomic E-state index is 0.149. The molecule has 2 heterocycles. The first-order chi connectivity index (χ1) is 12.8. The number of nitrogens with zero attached hydrogens (tertiary/aromatic N) is 5. The lowest BCUT2D eigenvalue weighted by atomic mass is 10.1. The highest BCUT2D eigenvalue weighted by molar-refractivity contribution is 6.04. The highest BCUT2D eigenvalue weighted by Crippen LogP contribution is 2.33. The Bertz CT molecular complexity index is 975. The van der Waals surface area contributed by atoms with Gasteiger partial charge in [0.15, 0.2) is 5.82 Å². The van der Waals surface area contributed by atoms with Gasteiger partial charge in [0.05, 0.1) is 0 Å². The molecule has 0 saturated heterocycles. The van der Waals surface area contributed by atoms with Crippen LogP contribution in [0, 0.1) is 20.8 Å². The van der Waals surface area contributed by atoms with Crippen LogP contribution in [0.15, 0.2) is 42.6 Å². The minimum Gasteiger partial charge on any atom is -0.297 e. The lowest BCUT2D eigenvalue weighted by molar-refractivity contribution is 0.253. The van der Waals surface area contributed by atoms with E-state index in [4.69, 9.17) is 0 Å². The van der Waals surface area contributed by atoms with Crippen molar-refractivity contribution in [2.45, 2.75) is 20.8 Å². The number of carbonyl (C=O) groups excluding carboxylic acids is 1. The van der Waals surface area contributed by atoms with Gasteiger partial charge in [0.1, 0.15) is 0 Å². The lowest BCUT2D eigenvalue weighted by Crippen LogP contribution is -2.39. The van der Waals surface area contributed by atoms with Crippen molar-refractivity contribution in [3.05, 3.63) is 59.5 Å². The van der Waals surface area contributed by atoms with Crippen LogP contribution in [0.25, 0.3) is 11.1 Å². The maximum Gasteiger partial charge on any atom is 0.329 e. The van der Waals surface area contributed by atoms with Gasteiger partial charge in [-0.3, -0.25) is 19.5 Å². The van der Waals surface area contributed by atoms with Crippen LogP contribution in [0.1, 0.15) is 17.0 Å². The van der Waals surface area contributed by atoms with Crippen LogP contribution in [0.3, 0.4) is 0 Å². The fourth-order valence-corrected chi connectivity index (χ4v) is 3.06. The molecule has 6 nitrogen and oxygen atoms in total. The van der Waals surface area contributed by atoms with Crippen molar-refractivity contribution in [2.75, 3.05) is 23.9 Å². The molecular weight excluding hydrogens is 338 g/mol. The van der Waals surface area contributed by atoms with E-state index < -0.39 is 0 Å². The van der Waals surface area contributed by atoms with Crippen LogP contribution >= 0.6 is 0 Å². The van der Waals surface area contributed by atoms with Crippen molar-refractivity contribution in [2.24, 2.45) is 7.05 Å². The molecule has 0 fully saturated rings. The monoisotopic (exact) mass is 363 g/mol. The van der Waals surface area contributed by atoms with Crippen LogP contribution in [0.2, 0.25) is 0 Å². The molecule has 0 bridgehead atoms. The van der Waals surface area contributed by atoms with Crippen molar-refractivity contribution in [3.8, 4) is 11.1 Å². The first-order valence-electron chi connectivity index (χ1n) is 8.84. The number of pyridine rings is 1. The maximum atomic E-state index is 13.1. The molecule has 3 aromatic rings. The number of rotatable bonds is 3. The average Bonchev–Trinajstić information content (AvgIpc) is 2.95. The van der Waals surface area contributed by atoms with E-state index in [-0.39, 0.29) is 6.03 Å². The predicted octanol–water partition coefficient (Wildman–Crippen LogP) is 4.10. The molecule has 3 rings (SSSR count). The molecule has 0 atom stereocenters. The Kier molecular flexibility index (Phi) is 4.99. The van der Waals surface area contributed by atoms with Crippen LogP contribution in [0.5, 0.6) is 0 Å². The second kappa shape index (κ2) is 7.23. The Labute approximate surface area is 160 Å². The number of urea groups is 1. The van der Waals surface area contributed by atoms with Crippen molar-refractivity contribution < 1.29 is 4.79 Å². The topological polar surface area (TPSA) is 54.3 Å². The largest absolute Gasteiger partial charge is 0.329 e. The van der Waals surface area contributed by atoms with Crippen molar-refractivity contribution in [1.82, 2.24) is 14.8 Å². The minimum atomic E-state index is -0.149. The van der Waals surface area contributed by atoms with Crippen LogP contribution in [-0.2, 0) is 7.05 Å². The standard InChI is InChI=1S/C21H25N5O/c1-14-7-9-18(10-8-14)24(4)21(27)25(5)20-19(16(3)26(6)23-20)17-11-12-22-15(2)13-17/h7-13H,1-6H3. The van der Waals surface area contributed by atoms with Crippen LogP contribution < -0.4 is 9.80 Å². The van der Waals surface area contributed by atoms with Crippen LogP contribution in [0.4, 0.5) is 16.3 Å². The normalized spacial score (nSPS) is 10.7. The molecular formula is C21H25N5O. The molecule has 0 radical (unpaired) electrons. The molecule has 2 aromatic heterocycles. The third-order valence-electron chi connectivity index (χ3n) is 4.81. The van der Waals surface area contributed by atoms with Gasteiger partial charge in [-0.2, -0.15) is 5.10 Å². The maximum absolute atomic E-state index is 13.1. The number of carbonyl (C=O) groups is 1. The molecule has 140 valence electrons. The highest BCUT2D eigenvalue weighted by atomic mass is 16.2. The number of benzene rings is 1. The molecule has 0 spiro atoms. The SMILES string of the molecule is Cc1ccc(N(C)C(=O)N(C)c2nn(C)c(C)c2-c2ccnc(C)c2)cc1. The smallest absolute Gasteiger partial charge is 0.297 e. The van der Waals surface area contributed by atoms with E-state index in [9.17, 15) is 4.79 Å². The summed E-state index contributed by atoms with van der Waals surface area (Å²) in [6, 6.07) is 11.7. The van der Waals surface area contributed by atoms with Crippen molar-refractivity contribution in [3.63, 3.8) is 0 Å². The third kappa shape index (κ3) is 3.56. The summed E-state index contributed by atoms with van der Waals surface area (Å²) >= 11 is 0. The number of aryl methyl sites for hydroxylation is 3. The van der Waals surface area contributed by atoms with Crippen molar-refractivity contribution in [1.29, 1.82) is 0 Å². The molecule has 0 unspecified atom stereocenters. The number of aromatic nitrogens is 3.